The van der Waals surface area contributed by atoms with Crippen LogP contribution < -0.4 is 5.32 Å². The zero-order chi connectivity index (χ0) is 15.1. The summed E-state index contributed by atoms with van der Waals surface area (Å²) in [6, 6.07) is 10.2. The molecule has 1 amide bonds. The molecule has 0 bridgehead atoms. The van der Waals surface area contributed by atoms with E-state index in [0.29, 0.717) is 6.42 Å². The first-order chi connectivity index (χ1) is 10.1. The van der Waals surface area contributed by atoms with Gasteiger partial charge in [0.25, 0.3) is 0 Å². The van der Waals surface area contributed by atoms with E-state index in [0.717, 1.165) is 25.2 Å². The van der Waals surface area contributed by atoms with E-state index in [-0.39, 0.29) is 17.2 Å². The summed E-state index contributed by atoms with van der Waals surface area (Å²) < 4.78 is 0. The molecule has 1 N–H and O–H groups in total. The highest BCUT2D eigenvalue weighted by molar-refractivity contribution is 7.81. The van der Waals surface area contributed by atoms with Gasteiger partial charge in [0, 0.05) is 12.6 Å². The molecule has 116 valence electrons. The molecule has 0 radical (unpaired) electrons. The number of thiol groups is 1. The van der Waals surface area contributed by atoms with Crippen molar-refractivity contribution >= 4 is 18.5 Å². The highest BCUT2D eigenvalue weighted by Gasteiger charge is 2.19. The lowest BCUT2D eigenvalue weighted by Gasteiger charge is -2.29. The first-order valence-electron chi connectivity index (χ1n) is 7.90. The molecular weight excluding hydrogens is 280 g/mol. The fourth-order valence-corrected chi connectivity index (χ4v) is 3.13. The number of nitrogens with one attached hydrogen (secondary N) is 1. The molecule has 0 aliphatic carbocycles. The summed E-state index contributed by atoms with van der Waals surface area (Å²) in [4.78, 5) is 14.6. The van der Waals surface area contributed by atoms with Crippen LogP contribution in [0.25, 0.3) is 0 Å². The lowest BCUT2D eigenvalue weighted by atomic mass is 10.1. The Morgan fingerprint density at radius 3 is 2.57 bits per heavy atom. The van der Waals surface area contributed by atoms with Crippen molar-refractivity contribution < 1.29 is 4.79 Å². The number of nitrogens with zero attached hydrogens (tertiary/aromatic N) is 1. The molecule has 1 fully saturated rings. The van der Waals surface area contributed by atoms with Crippen LogP contribution in [0.2, 0.25) is 0 Å². The molecule has 2 rings (SSSR count). The molecule has 2 unspecified atom stereocenters. The molecule has 1 aromatic rings. The van der Waals surface area contributed by atoms with E-state index in [1.54, 1.807) is 0 Å². The Kier molecular flexibility index (Phi) is 6.58. The molecule has 0 spiro atoms. The second-order valence-corrected chi connectivity index (χ2v) is 6.60. The third-order valence-corrected chi connectivity index (χ3v) is 4.36. The number of carbonyl (C=O) groups is 1. The lowest BCUT2D eigenvalue weighted by Crippen LogP contribution is -2.46. The van der Waals surface area contributed by atoms with Crippen LogP contribution in [-0.2, 0) is 11.2 Å². The molecule has 4 heteroatoms. The van der Waals surface area contributed by atoms with E-state index >= 15 is 0 Å². The van der Waals surface area contributed by atoms with E-state index in [1.165, 1.54) is 19.3 Å². The van der Waals surface area contributed by atoms with E-state index in [2.05, 4.69) is 29.8 Å². The first-order valence-corrected chi connectivity index (χ1v) is 8.41. The van der Waals surface area contributed by atoms with Crippen molar-refractivity contribution in [3.63, 3.8) is 0 Å². The second kappa shape index (κ2) is 8.44. The van der Waals surface area contributed by atoms with Gasteiger partial charge in [-0.05, 0) is 44.8 Å². The maximum absolute atomic E-state index is 12.2. The lowest BCUT2D eigenvalue weighted by molar-refractivity contribution is -0.121. The molecule has 1 heterocycles. The molecule has 21 heavy (non-hydrogen) atoms. The normalized spacial score (nSPS) is 19.0. The minimum Gasteiger partial charge on any atom is -0.351 e. The summed E-state index contributed by atoms with van der Waals surface area (Å²) in [5.41, 5.74) is 1.15. The van der Waals surface area contributed by atoms with Gasteiger partial charge in [-0.2, -0.15) is 12.6 Å². The maximum Gasteiger partial charge on any atom is 0.233 e. The number of amides is 1. The largest absolute Gasteiger partial charge is 0.351 e. The monoisotopic (exact) mass is 306 g/mol. The van der Waals surface area contributed by atoms with Crippen molar-refractivity contribution in [3.05, 3.63) is 35.9 Å². The predicted molar refractivity (Wildman–Crippen MR) is 90.8 cm³/mol. The number of likely N-dealkylation sites (tertiary alicyclic amines) is 1. The van der Waals surface area contributed by atoms with Gasteiger partial charge < -0.3 is 10.2 Å². The minimum atomic E-state index is -0.281. The highest BCUT2D eigenvalue weighted by atomic mass is 32.1. The average molecular weight is 306 g/mol. The molecule has 0 aromatic heterocycles. The SMILES string of the molecule is CC(CN1CCCCC1)NC(=O)C(S)Cc1ccccc1. The molecule has 2 atom stereocenters. The van der Waals surface area contributed by atoms with Crippen LogP contribution in [0.4, 0.5) is 0 Å². The topological polar surface area (TPSA) is 32.3 Å². The average Bonchev–Trinajstić information content (AvgIpc) is 2.49. The van der Waals surface area contributed by atoms with Crippen LogP contribution >= 0.6 is 12.6 Å². The smallest absolute Gasteiger partial charge is 0.233 e. The van der Waals surface area contributed by atoms with Gasteiger partial charge in [-0.3, -0.25) is 4.79 Å². The second-order valence-electron chi connectivity index (χ2n) is 5.98. The first kappa shape index (κ1) is 16.4. The van der Waals surface area contributed by atoms with Crippen LogP contribution in [0.1, 0.15) is 31.7 Å². The van der Waals surface area contributed by atoms with Gasteiger partial charge in [-0.1, -0.05) is 36.8 Å². The Morgan fingerprint density at radius 1 is 1.24 bits per heavy atom. The van der Waals surface area contributed by atoms with Crippen molar-refractivity contribution in [2.45, 2.75) is 43.9 Å². The van der Waals surface area contributed by atoms with Gasteiger partial charge in [0.15, 0.2) is 0 Å². The fourth-order valence-electron chi connectivity index (χ4n) is 2.84. The van der Waals surface area contributed by atoms with Crippen molar-refractivity contribution in [1.29, 1.82) is 0 Å². The fraction of sp³-hybridized carbons (Fsp3) is 0.588. The third kappa shape index (κ3) is 5.71. The summed E-state index contributed by atoms with van der Waals surface area (Å²) in [6.07, 6.45) is 4.58. The summed E-state index contributed by atoms with van der Waals surface area (Å²) in [7, 11) is 0. The zero-order valence-corrected chi connectivity index (χ0v) is 13.7. The number of hydrogen-bond donors (Lipinski definition) is 2. The van der Waals surface area contributed by atoms with Gasteiger partial charge >= 0.3 is 0 Å². The Balaban J connectivity index is 1.74. The van der Waals surface area contributed by atoms with Gasteiger partial charge in [-0.25, -0.2) is 0 Å². The van der Waals surface area contributed by atoms with Crippen molar-refractivity contribution in [2.75, 3.05) is 19.6 Å². The van der Waals surface area contributed by atoms with Crippen LogP contribution in [0.3, 0.4) is 0 Å². The van der Waals surface area contributed by atoms with Gasteiger partial charge in [-0.15, -0.1) is 0 Å². The van der Waals surface area contributed by atoms with Gasteiger partial charge in [0.05, 0.1) is 5.25 Å². The Morgan fingerprint density at radius 2 is 1.90 bits per heavy atom. The Hall–Kier alpha value is -1.00. The molecule has 1 saturated heterocycles. The van der Waals surface area contributed by atoms with E-state index in [4.69, 9.17) is 0 Å². The zero-order valence-electron chi connectivity index (χ0n) is 12.8. The predicted octanol–water partition coefficient (Wildman–Crippen LogP) is 2.52. The Bertz CT molecular complexity index is 432. The molecule has 1 aromatic carbocycles. The van der Waals surface area contributed by atoms with Crippen LogP contribution in [0.15, 0.2) is 30.3 Å². The van der Waals surface area contributed by atoms with Crippen LogP contribution in [-0.4, -0.2) is 41.7 Å². The summed E-state index contributed by atoms with van der Waals surface area (Å²) >= 11 is 4.45. The van der Waals surface area contributed by atoms with Crippen molar-refractivity contribution in [2.24, 2.45) is 0 Å². The van der Waals surface area contributed by atoms with Gasteiger partial charge in [0.1, 0.15) is 0 Å². The number of benzene rings is 1. The molecule has 3 nitrogen and oxygen atoms in total. The van der Waals surface area contributed by atoms with Crippen LogP contribution in [0.5, 0.6) is 0 Å². The summed E-state index contributed by atoms with van der Waals surface area (Å²) in [5, 5.41) is 2.81. The summed E-state index contributed by atoms with van der Waals surface area (Å²) in [6.45, 7) is 5.34. The Labute approximate surface area is 133 Å². The van der Waals surface area contributed by atoms with E-state index in [1.807, 2.05) is 30.3 Å². The van der Waals surface area contributed by atoms with E-state index in [9.17, 15) is 4.79 Å². The number of rotatable bonds is 6. The number of carbonyl (C=O) groups excluding carboxylic acids is 1. The molecular formula is C17H26N2OS. The van der Waals surface area contributed by atoms with Crippen LogP contribution in [0, 0.1) is 0 Å². The molecule has 0 saturated carbocycles. The standard InChI is InChI=1S/C17H26N2OS/c1-14(13-19-10-6-3-7-11-19)18-17(20)16(21)12-15-8-4-2-5-9-15/h2,4-5,8-9,14,16,21H,3,6-7,10-13H2,1H3,(H,18,20). The number of hydrogen-bond acceptors (Lipinski definition) is 3. The quantitative estimate of drug-likeness (QED) is 0.792. The minimum absolute atomic E-state index is 0.0340. The van der Waals surface area contributed by atoms with Crippen molar-refractivity contribution in [1.82, 2.24) is 10.2 Å². The number of piperidine rings is 1. The van der Waals surface area contributed by atoms with Crippen molar-refractivity contribution in [3.8, 4) is 0 Å². The van der Waals surface area contributed by atoms with Gasteiger partial charge in [0.2, 0.25) is 5.91 Å². The maximum atomic E-state index is 12.2. The molecule has 1 aliphatic heterocycles. The molecule has 1 aliphatic rings. The summed E-state index contributed by atoms with van der Waals surface area (Å²) in [5.74, 6) is 0.0340. The third-order valence-electron chi connectivity index (χ3n) is 3.94. The highest BCUT2D eigenvalue weighted by Crippen LogP contribution is 2.10. The van der Waals surface area contributed by atoms with E-state index < -0.39 is 0 Å².